The van der Waals surface area contributed by atoms with E-state index in [0.717, 1.165) is 12.8 Å². The molecule has 2 aliphatic rings. The van der Waals surface area contributed by atoms with E-state index in [1.807, 2.05) is 0 Å². The van der Waals surface area contributed by atoms with Crippen LogP contribution in [0.1, 0.15) is 19.8 Å². The van der Waals surface area contributed by atoms with Gasteiger partial charge in [-0.3, -0.25) is 19.2 Å². The van der Waals surface area contributed by atoms with Gasteiger partial charge in [-0.15, -0.1) is 11.8 Å². The van der Waals surface area contributed by atoms with Crippen LogP contribution in [-0.2, 0) is 23.9 Å². The molecule has 27 heavy (non-hydrogen) atoms. The number of rotatable bonds is 9. The topological polar surface area (TPSA) is 99.3 Å². The van der Waals surface area contributed by atoms with Crippen LogP contribution in [0.2, 0.25) is 0 Å². The molecule has 1 aliphatic carbocycles. The van der Waals surface area contributed by atoms with Gasteiger partial charge in [-0.1, -0.05) is 0 Å². The van der Waals surface area contributed by atoms with Crippen molar-refractivity contribution in [1.29, 1.82) is 0 Å². The van der Waals surface area contributed by atoms with Crippen molar-refractivity contribution in [1.82, 2.24) is 20.0 Å². The molecule has 4 amide bonds. The monoisotopic (exact) mass is 400 g/mol. The zero-order valence-corrected chi connectivity index (χ0v) is 16.9. The highest BCUT2D eigenvalue weighted by Gasteiger charge is 2.40. The maximum atomic E-state index is 12.9. The van der Waals surface area contributed by atoms with Gasteiger partial charge in [0.1, 0.15) is 12.6 Å². The number of hydrogen-bond acceptors (Lipinski definition) is 6. The summed E-state index contributed by atoms with van der Waals surface area (Å²) >= 11 is 1.58. The fourth-order valence-electron chi connectivity index (χ4n) is 2.92. The molecule has 1 saturated carbocycles. The average Bonchev–Trinajstić information content (AvgIpc) is 3.32. The number of amides is 4. The number of carbonyl (C=O) groups excluding carboxylic acids is 4. The van der Waals surface area contributed by atoms with E-state index in [-0.39, 0.29) is 42.8 Å². The van der Waals surface area contributed by atoms with Crippen LogP contribution in [0.25, 0.3) is 0 Å². The number of hydrogen-bond donors (Lipinski definition) is 1. The molecular weight excluding hydrogens is 372 g/mol. The van der Waals surface area contributed by atoms with E-state index < -0.39 is 6.04 Å². The summed E-state index contributed by atoms with van der Waals surface area (Å²) in [4.78, 5) is 52.9. The van der Waals surface area contributed by atoms with Crippen molar-refractivity contribution < 1.29 is 23.9 Å². The molecule has 0 aromatic heterocycles. The minimum atomic E-state index is -0.415. The highest BCUT2D eigenvalue weighted by atomic mass is 32.2. The van der Waals surface area contributed by atoms with Crippen molar-refractivity contribution in [3.63, 3.8) is 0 Å². The summed E-state index contributed by atoms with van der Waals surface area (Å²) in [5, 5.41) is 2.75. The summed E-state index contributed by atoms with van der Waals surface area (Å²) in [7, 11) is 2.96. The highest BCUT2D eigenvalue weighted by Crippen LogP contribution is 2.30. The number of carbonyl (C=O) groups is 4. The molecule has 152 valence electrons. The van der Waals surface area contributed by atoms with E-state index in [1.54, 1.807) is 21.6 Å². The molecule has 2 rings (SSSR count). The van der Waals surface area contributed by atoms with E-state index >= 15 is 0 Å². The van der Waals surface area contributed by atoms with Crippen molar-refractivity contribution >= 4 is 35.4 Å². The standard InChI is InChI=1S/C17H28N4O5S/c1-12(22)21-11-27-10-14(21)17(25)20(13-4-5-13)7-6-18-15(23)8-19(2)16(24)9-26-3/h13-14H,4-11H2,1-3H3,(H,18,23)/t14-/m1/s1. The van der Waals surface area contributed by atoms with Gasteiger partial charge in [0, 0.05) is 46.0 Å². The van der Waals surface area contributed by atoms with Gasteiger partial charge in [0.05, 0.1) is 12.4 Å². The minimum absolute atomic E-state index is 0.0423. The van der Waals surface area contributed by atoms with E-state index in [2.05, 4.69) is 5.32 Å². The maximum absolute atomic E-state index is 12.9. The predicted octanol–water partition coefficient (Wildman–Crippen LogP) is -0.880. The Balaban J connectivity index is 1.81. The first kappa shape index (κ1) is 21.5. The first-order valence-corrected chi connectivity index (χ1v) is 10.2. The average molecular weight is 401 g/mol. The van der Waals surface area contributed by atoms with E-state index in [0.29, 0.717) is 24.7 Å². The van der Waals surface area contributed by atoms with Crippen molar-refractivity contribution in [2.75, 3.05) is 52.0 Å². The van der Waals surface area contributed by atoms with Crippen LogP contribution in [0.3, 0.4) is 0 Å². The summed E-state index contributed by atoms with van der Waals surface area (Å²) < 4.78 is 4.76. The molecule has 2 fully saturated rings. The highest BCUT2D eigenvalue weighted by molar-refractivity contribution is 7.99. The molecule has 0 radical (unpaired) electrons. The van der Waals surface area contributed by atoms with Crippen LogP contribution in [0.5, 0.6) is 0 Å². The molecule has 1 N–H and O–H groups in total. The molecule has 0 spiro atoms. The summed E-state index contributed by atoms with van der Waals surface area (Å²) in [6.45, 7) is 2.07. The molecule has 1 atom stereocenters. The molecule has 0 aromatic carbocycles. The van der Waals surface area contributed by atoms with Gasteiger partial charge in [0.15, 0.2) is 0 Å². The Morgan fingerprint density at radius 2 is 1.96 bits per heavy atom. The second-order valence-corrected chi connectivity index (χ2v) is 7.80. The fraction of sp³-hybridized carbons (Fsp3) is 0.765. The van der Waals surface area contributed by atoms with E-state index in [9.17, 15) is 19.2 Å². The Morgan fingerprint density at radius 1 is 1.26 bits per heavy atom. The molecule has 0 bridgehead atoms. The minimum Gasteiger partial charge on any atom is -0.375 e. The van der Waals surface area contributed by atoms with Crippen LogP contribution >= 0.6 is 11.8 Å². The molecule has 9 nitrogen and oxygen atoms in total. The summed E-state index contributed by atoms with van der Waals surface area (Å²) in [5.41, 5.74) is 0. The lowest BCUT2D eigenvalue weighted by atomic mass is 10.2. The van der Waals surface area contributed by atoms with Crippen molar-refractivity contribution in [2.24, 2.45) is 0 Å². The van der Waals surface area contributed by atoms with Crippen LogP contribution in [0, 0.1) is 0 Å². The zero-order chi connectivity index (χ0) is 20.0. The van der Waals surface area contributed by atoms with Crippen molar-refractivity contribution in [3.05, 3.63) is 0 Å². The second-order valence-electron chi connectivity index (χ2n) is 6.80. The zero-order valence-electron chi connectivity index (χ0n) is 16.1. The quantitative estimate of drug-likeness (QED) is 0.540. The van der Waals surface area contributed by atoms with Gasteiger partial charge >= 0.3 is 0 Å². The van der Waals surface area contributed by atoms with Crippen LogP contribution < -0.4 is 5.32 Å². The van der Waals surface area contributed by atoms with Gasteiger partial charge in [0.2, 0.25) is 23.6 Å². The lowest BCUT2D eigenvalue weighted by Crippen LogP contribution is -2.51. The number of likely N-dealkylation sites (N-methyl/N-ethyl adjacent to an activating group) is 1. The second kappa shape index (κ2) is 9.93. The van der Waals surface area contributed by atoms with Crippen LogP contribution in [-0.4, -0.2) is 102 Å². The molecule has 1 aliphatic heterocycles. The van der Waals surface area contributed by atoms with Gasteiger partial charge in [0.25, 0.3) is 0 Å². The number of nitrogens with zero attached hydrogens (tertiary/aromatic N) is 3. The molecule has 0 unspecified atom stereocenters. The number of methoxy groups -OCH3 is 1. The Bertz CT molecular complexity index is 584. The number of nitrogens with one attached hydrogen (secondary N) is 1. The smallest absolute Gasteiger partial charge is 0.248 e. The third-order valence-corrected chi connectivity index (χ3v) is 5.60. The molecule has 1 heterocycles. The molecule has 0 aromatic rings. The number of ether oxygens (including phenoxy) is 1. The number of thioether (sulfide) groups is 1. The third-order valence-electron chi connectivity index (χ3n) is 4.59. The van der Waals surface area contributed by atoms with Gasteiger partial charge < -0.3 is 24.8 Å². The van der Waals surface area contributed by atoms with Gasteiger partial charge in [-0.05, 0) is 12.8 Å². The Morgan fingerprint density at radius 3 is 2.56 bits per heavy atom. The third kappa shape index (κ3) is 6.10. The molecular formula is C17H28N4O5S. The first-order chi connectivity index (χ1) is 12.8. The summed E-state index contributed by atoms with van der Waals surface area (Å²) in [6.07, 6.45) is 1.90. The summed E-state index contributed by atoms with van der Waals surface area (Å²) in [5.74, 6) is 0.464. The Hall–Kier alpha value is -1.81. The van der Waals surface area contributed by atoms with Crippen molar-refractivity contribution in [3.8, 4) is 0 Å². The van der Waals surface area contributed by atoms with Crippen LogP contribution in [0.15, 0.2) is 0 Å². The largest absolute Gasteiger partial charge is 0.375 e. The Labute approximate surface area is 163 Å². The van der Waals surface area contributed by atoms with Crippen LogP contribution in [0.4, 0.5) is 0 Å². The summed E-state index contributed by atoms with van der Waals surface area (Å²) in [6, 6.07) is -0.221. The molecule has 10 heteroatoms. The fourth-order valence-corrected chi connectivity index (χ4v) is 4.13. The van der Waals surface area contributed by atoms with Gasteiger partial charge in [-0.25, -0.2) is 0 Å². The lowest BCUT2D eigenvalue weighted by molar-refractivity contribution is -0.142. The van der Waals surface area contributed by atoms with Gasteiger partial charge in [-0.2, -0.15) is 0 Å². The van der Waals surface area contributed by atoms with Crippen molar-refractivity contribution in [2.45, 2.75) is 31.8 Å². The predicted molar refractivity (Wildman–Crippen MR) is 101 cm³/mol. The SMILES string of the molecule is COCC(=O)N(C)CC(=O)NCCN(C(=O)[C@H]1CSCN1C(C)=O)C1CC1. The maximum Gasteiger partial charge on any atom is 0.248 e. The Kier molecular flexibility index (Phi) is 7.91. The van der Waals surface area contributed by atoms with E-state index in [4.69, 9.17) is 4.74 Å². The lowest BCUT2D eigenvalue weighted by Gasteiger charge is -2.29. The molecule has 1 saturated heterocycles. The van der Waals surface area contributed by atoms with E-state index in [1.165, 1.54) is 26.0 Å². The first-order valence-electron chi connectivity index (χ1n) is 9.00. The normalized spacial score (nSPS) is 18.9.